The maximum Gasteiger partial charge on any atom is 0.286 e. The van der Waals surface area contributed by atoms with Crippen molar-refractivity contribution >= 4 is 62.0 Å². The van der Waals surface area contributed by atoms with E-state index in [4.69, 9.17) is 22.2 Å². The van der Waals surface area contributed by atoms with E-state index >= 15 is 43.9 Å². The van der Waals surface area contributed by atoms with Gasteiger partial charge in [0, 0.05) is 5.19 Å². The molecule has 0 fully saturated rings. The second-order valence-corrected chi connectivity index (χ2v) is 17.0. The highest BCUT2D eigenvalue weighted by Crippen LogP contribution is 2.31. The van der Waals surface area contributed by atoms with Crippen LogP contribution < -0.4 is 27.0 Å². The minimum absolute atomic E-state index is 0.814. The molecule has 0 unspecified atom stereocenters. The smallest absolute Gasteiger partial charge is 0.207 e. The SMILES string of the molecule is CC[Si](Cl)(Cl)c1c(F)c(F)c([B-](c2c(F)c(F)c(F)c(F)c2F)(c2c(F)c(F)c(F)c(F)c2F)c2c(F)c(F)c(F)c(F)c2F)c(F)c1F. The number of hydrogen-bond acceptors (Lipinski definition) is 0. The van der Waals surface area contributed by atoms with Crippen molar-refractivity contribution in [1.29, 1.82) is 0 Å². The number of halogens is 21. The lowest BCUT2D eigenvalue weighted by atomic mass is 9.12. The fourth-order valence-electron chi connectivity index (χ4n) is 5.40. The van der Waals surface area contributed by atoms with Crippen LogP contribution in [0.4, 0.5) is 83.4 Å². The summed E-state index contributed by atoms with van der Waals surface area (Å²) in [6, 6.07) is -0.814. The second kappa shape index (κ2) is 12.6. The second-order valence-electron chi connectivity index (χ2n) is 9.92. The van der Waals surface area contributed by atoms with Crippen molar-refractivity contribution in [2.24, 2.45) is 0 Å². The van der Waals surface area contributed by atoms with Crippen LogP contribution in [0.1, 0.15) is 6.92 Å². The first-order valence-electron chi connectivity index (χ1n) is 12.4. The Morgan fingerprint density at radius 1 is 0.327 bits per heavy atom. The number of rotatable bonds is 6. The number of hydrogen-bond donors (Lipinski definition) is 0. The molecular formula is C26H5BCl2F19Si-. The molecule has 0 N–H and O–H groups in total. The molecule has 0 nitrogen and oxygen atoms in total. The average Bonchev–Trinajstić information content (AvgIpc) is 3.05. The van der Waals surface area contributed by atoms with E-state index in [0.717, 1.165) is 6.92 Å². The molecule has 0 aromatic heterocycles. The van der Waals surface area contributed by atoms with Crippen LogP contribution in [-0.4, -0.2) is 12.8 Å². The molecule has 264 valence electrons. The van der Waals surface area contributed by atoms with Crippen LogP contribution in [0.25, 0.3) is 0 Å². The lowest BCUT2D eigenvalue weighted by Gasteiger charge is -2.45. The van der Waals surface area contributed by atoms with Crippen LogP contribution in [0, 0.1) is 111 Å². The van der Waals surface area contributed by atoms with Gasteiger partial charge in [-0.1, -0.05) is 6.92 Å². The monoisotopic (exact) mass is 787 g/mol. The molecule has 4 aromatic carbocycles. The zero-order chi connectivity index (χ0) is 37.6. The van der Waals surface area contributed by atoms with Crippen LogP contribution in [0.2, 0.25) is 6.04 Å². The van der Waals surface area contributed by atoms with Crippen molar-refractivity contribution in [1.82, 2.24) is 0 Å². The maximum atomic E-state index is 16.2. The van der Waals surface area contributed by atoms with Crippen molar-refractivity contribution < 1.29 is 83.4 Å². The topological polar surface area (TPSA) is 0 Å². The summed E-state index contributed by atoms with van der Waals surface area (Å²) >= 11 is 11.5. The summed E-state index contributed by atoms with van der Waals surface area (Å²) in [6.07, 6.45) is -7.17. The molecule has 0 heterocycles. The zero-order valence-corrected chi connectivity index (χ0v) is 25.2. The Labute approximate surface area is 269 Å². The van der Waals surface area contributed by atoms with Crippen molar-refractivity contribution in [3.8, 4) is 0 Å². The summed E-state index contributed by atoms with van der Waals surface area (Å²) in [5, 5.41) is -2.06. The summed E-state index contributed by atoms with van der Waals surface area (Å²) < 4.78 is 288. The third-order valence-corrected chi connectivity index (χ3v) is 12.4. The van der Waals surface area contributed by atoms with Crippen molar-refractivity contribution in [2.45, 2.75) is 13.0 Å². The van der Waals surface area contributed by atoms with E-state index in [1.165, 1.54) is 0 Å². The van der Waals surface area contributed by atoms with Gasteiger partial charge in [-0.25, -0.2) is 83.4 Å². The molecule has 0 spiro atoms. The molecule has 0 bridgehead atoms. The molecule has 23 heteroatoms. The quantitative estimate of drug-likeness (QED) is 0.0660. The molecule has 0 atom stereocenters. The molecular weight excluding hydrogens is 783 g/mol. The Bertz CT molecular complexity index is 1820. The van der Waals surface area contributed by atoms with Crippen LogP contribution in [0.15, 0.2) is 0 Å². The Kier molecular flexibility index (Phi) is 9.85. The van der Waals surface area contributed by atoms with E-state index in [1.807, 2.05) is 0 Å². The Hall–Kier alpha value is -3.59. The van der Waals surface area contributed by atoms with Crippen LogP contribution >= 0.6 is 22.2 Å². The van der Waals surface area contributed by atoms with Gasteiger partial charge in [0.2, 0.25) is 0 Å². The summed E-state index contributed by atoms with van der Waals surface area (Å²) in [4.78, 5) is 0. The third kappa shape index (κ3) is 5.08. The molecule has 0 saturated heterocycles. The molecule has 4 aromatic rings. The van der Waals surface area contributed by atoms with Gasteiger partial charge in [0.25, 0.3) is 6.69 Å². The lowest BCUT2D eigenvalue weighted by Crippen LogP contribution is -2.81. The molecule has 0 aliphatic rings. The predicted molar refractivity (Wildman–Crippen MR) is 137 cm³/mol. The summed E-state index contributed by atoms with van der Waals surface area (Å²) in [7, 11) is 0. The van der Waals surface area contributed by atoms with Crippen LogP contribution in [0.5, 0.6) is 0 Å². The normalized spacial score (nSPS) is 12.4. The van der Waals surface area contributed by atoms with E-state index in [0.29, 0.717) is 0 Å². The molecule has 0 aliphatic heterocycles. The largest absolute Gasteiger partial charge is 0.286 e. The summed E-state index contributed by atoms with van der Waals surface area (Å²) in [5.41, 5.74) is -14.0. The van der Waals surface area contributed by atoms with Crippen molar-refractivity contribution in [3.63, 3.8) is 0 Å². The summed E-state index contributed by atoms with van der Waals surface area (Å²) in [5.74, 6) is -65.9. The minimum atomic E-state index is -7.17. The third-order valence-electron chi connectivity index (χ3n) is 7.57. The molecule has 0 radical (unpaired) electrons. The van der Waals surface area contributed by atoms with Gasteiger partial charge in [-0.05, 0) is 6.04 Å². The zero-order valence-electron chi connectivity index (χ0n) is 22.7. The molecule has 49 heavy (non-hydrogen) atoms. The van der Waals surface area contributed by atoms with Gasteiger partial charge in [0.15, 0.2) is 64.0 Å². The highest BCUT2D eigenvalue weighted by molar-refractivity contribution is 7.51. The van der Waals surface area contributed by atoms with E-state index in [9.17, 15) is 39.5 Å². The van der Waals surface area contributed by atoms with Gasteiger partial charge in [0.1, 0.15) is 52.7 Å². The van der Waals surface area contributed by atoms with Gasteiger partial charge in [-0.2, -0.15) is 0 Å². The molecule has 4 rings (SSSR count). The van der Waals surface area contributed by atoms with Gasteiger partial charge < -0.3 is 0 Å². The fraction of sp³-hybridized carbons (Fsp3) is 0.0769. The first-order chi connectivity index (χ1) is 22.5. The highest BCUT2D eigenvalue weighted by atomic mass is 35.7. The number of benzene rings is 4. The Balaban J connectivity index is 2.69. The Morgan fingerprint density at radius 2 is 0.490 bits per heavy atom. The summed E-state index contributed by atoms with van der Waals surface area (Å²) in [6.45, 7) is -3.98. The van der Waals surface area contributed by atoms with Crippen LogP contribution in [0.3, 0.4) is 0 Å². The van der Waals surface area contributed by atoms with E-state index < -0.39 is 156 Å². The minimum Gasteiger partial charge on any atom is -0.207 e. The maximum absolute atomic E-state index is 16.2. The lowest BCUT2D eigenvalue weighted by molar-refractivity contribution is 0.379. The van der Waals surface area contributed by atoms with Gasteiger partial charge in [-0.15, -0.1) is 44.0 Å². The first-order valence-corrected chi connectivity index (χ1v) is 16.7. The Morgan fingerprint density at radius 3 is 0.673 bits per heavy atom. The van der Waals surface area contributed by atoms with Gasteiger partial charge in [-0.3, -0.25) is 0 Å². The highest BCUT2D eigenvalue weighted by Gasteiger charge is 2.53. The first kappa shape index (κ1) is 38.2. The molecule has 0 aliphatic carbocycles. The molecule has 0 saturated carbocycles. The van der Waals surface area contributed by atoms with E-state index in [-0.39, 0.29) is 0 Å². The van der Waals surface area contributed by atoms with E-state index in [1.54, 1.807) is 0 Å². The van der Waals surface area contributed by atoms with Gasteiger partial charge >= 0.3 is 0 Å². The van der Waals surface area contributed by atoms with Gasteiger partial charge in [0.05, 0.1) is 0 Å². The molecule has 0 amide bonds. The van der Waals surface area contributed by atoms with Crippen molar-refractivity contribution in [2.75, 3.05) is 0 Å². The van der Waals surface area contributed by atoms with E-state index in [2.05, 4.69) is 0 Å². The van der Waals surface area contributed by atoms with Crippen molar-refractivity contribution in [3.05, 3.63) is 111 Å². The fourth-order valence-corrected chi connectivity index (χ4v) is 7.61. The standard InChI is InChI=1S/C26H5BCl2F19Si/c1-2-49(28,29)26-24(47)13(36)6(14(37)25(26)48)27(3-7(30)15(38)21(44)16(39)8(3)31,4-9(32)17(40)22(45)18(41)10(4)33)5-11(34)19(42)23(46)20(43)12(5)35/h2H2,1H3/q-1. The van der Waals surface area contributed by atoms with Crippen LogP contribution in [-0.2, 0) is 0 Å². The predicted octanol–water partition coefficient (Wildman–Crippen LogP) is 6.85. The average molecular weight is 788 g/mol.